The number of benzene rings is 1. The van der Waals surface area contributed by atoms with Crippen molar-refractivity contribution in [3.63, 3.8) is 0 Å². The quantitative estimate of drug-likeness (QED) is 0.724. The van der Waals surface area contributed by atoms with E-state index in [1.807, 2.05) is 9.80 Å². The van der Waals surface area contributed by atoms with Gasteiger partial charge >= 0.3 is 0 Å². The monoisotopic (exact) mass is 435 g/mol. The number of para-hydroxylation sites is 1. The minimum atomic E-state index is -0.222. The van der Waals surface area contributed by atoms with Crippen molar-refractivity contribution in [3.8, 4) is 0 Å². The fraction of sp³-hybridized carbons (Fsp3) is 0.704. The van der Waals surface area contributed by atoms with Gasteiger partial charge < -0.3 is 14.7 Å². The molecular formula is C27H37N3O2. The predicted octanol–water partition coefficient (Wildman–Crippen LogP) is 3.85. The average Bonchev–Trinajstić information content (AvgIpc) is 3.27. The van der Waals surface area contributed by atoms with Gasteiger partial charge in [-0.25, -0.2) is 0 Å². The zero-order valence-electron chi connectivity index (χ0n) is 19.5. The Labute approximate surface area is 192 Å². The third kappa shape index (κ3) is 3.34. The van der Waals surface area contributed by atoms with Gasteiger partial charge in [-0.3, -0.25) is 9.59 Å². The number of carbonyl (C=O) groups is 2. The summed E-state index contributed by atoms with van der Waals surface area (Å²) in [5.41, 5.74) is 2.43. The topological polar surface area (TPSA) is 43.9 Å². The Kier molecular flexibility index (Phi) is 5.00. The summed E-state index contributed by atoms with van der Waals surface area (Å²) in [6, 6.07) is 8.27. The van der Waals surface area contributed by atoms with Crippen LogP contribution in [0.3, 0.4) is 0 Å². The Bertz CT molecular complexity index is 869. The van der Waals surface area contributed by atoms with Gasteiger partial charge in [-0.15, -0.1) is 0 Å². The zero-order valence-corrected chi connectivity index (χ0v) is 19.5. The van der Waals surface area contributed by atoms with Crippen LogP contribution in [0, 0.1) is 30.1 Å². The van der Waals surface area contributed by atoms with Crippen molar-refractivity contribution in [3.05, 3.63) is 29.8 Å². The number of rotatable bonds is 3. The molecule has 5 heteroatoms. The van der Waals surface area contributed by atoms with Crippen molar-refractivity contribution in [1.82, 2.24) is 9.80 Å². The van der Waals surface area contributed by atoms with E-state index in [0.717, 1.165) is 82.6 Å². The number of nitrogens with zero attached hydrogens (tertiary/aromatic N) is 3. The van der Waals surface area contributed by atoms with Crippen LogP contribution in [-0.4, -0.2) is 60.4 Å². The van der Waals surface area contributed by atoms with Crippen LogP contribution in [0.4, 0.5) is 5.69 Å². The molecule has 2 saturated heterocycles. The molecule has 4 saturated carbocycles. The third-order valence-electron chi connectivity index (χ3n) is 9.34. The predicted molar refractivity (Wildman–Crippen MR) is 125 cm³/mol. The van der Waals surface area contributed by atoms with Crippen LogP contribution in [0.5, 0.6) is 0 Å². The van der Waals surface area contributed by atoms with Gasteiger partial charge in [0.05, 0.1) is 5.41 Å². The normalized spacial score (nSPS) is 36.1. The average molecular weight is 436 g/mol. The molecule has 4 bridgehead atoms. The molecule has 6 aliphatic rings. The largest absolute Gasteiger partial charge is 0.368 e. The van der Waals surface area contributed by atoms with Gasteiger partial charge in [0.2, 0.25) is 11.8 Å². The van der Waals surface area contributed by atoms with Crippen LogP contribution in [0.15, 0.2) is 24.3 Å². The second-order valence-corrected chi connectivity index (χ2v) is 11.5. The molecule has 1 aromatic rings. The molecule has 2 amide bonds. The van der Waals surface area contributed by atoms with Crippen LogP contribution in [0.1, 0.15) is 56.9 Å². The van der Waals surface area contributed by atoms with Gasteiger partial charge in [0, 0.05) is 38.4 Å². The summed E-state index contributed by atoms with van der Waals surface area (Å²) in [4.78, 5) is 33.9. The van der Waals surface area contributed by atoms with Gasteiger partial charge in [0.1, 0.15) is 6.04 Å². The SMILES string of the molecule is Cc1ccccc1N1CCN(C(=O)C2CCCN2C(=O)C23CC4CC(CC(C4)C2)C3)CC1. The van der Waals surface area contributed by atoms with E-state index in [1.165, 1.54) is 30.5 Å². The van der Waals surface area contributed by atoms with Crippen LogP contribution in [-0.2, 0) is 9.59 Å². The highest BCUT2D eigenvalue weighted by atomic mass is 16.2. The summed E-state index contributed by atoms with van der Waals surface area (Å²) < 4.78 is 0. The van der Waals surface area contributed by atoms with Crippen molar-refractivity contribution < 1.29 is 9.59 Å². The first-order valence-corrected chi connectivity index (χ1v) is 12.9. The van der Waals surface area contributed by atoms with Gasteiger partial charge in [0.15, 0.2) is 0 Å². The lowest BCUT2D eigenvalue weighted by molar-refractivity contribution is -0.162. The molecule has 0 N–H and O–H groups in total. The summed E-state index contributed by atoms with van der Waals surface area (Å²) in [5, 5.41) is 0. The van der Waals surface area contributed by atoms with E-state index in [-0.39, 0.29) is 17.4 Å². The molecule has 1 aromatic carbocycles. The molecule has 2 heterocycles. The number of aryl methyl sites for hydroxylation is 1. The first-order chi connectivity index (χ1) is 15.5. The molecule has 32 heavy (non-hydrogen) atoms. The molecule has 0 aromatic heterocycles. The van der Waals surface area contributed by atoms with Crippen molar-refractivity contribution in [2.24, 2.45) is 23.2 Å². The first kappa shape index (κ1) is 20.6. The highest BCUT2D eigenvalue weighted by Crippen LogP contribution is 2.60. The van der Waals surface area contributed by atoms with Gasteiger partial charge in [-0.2, -0.15) is 0 Å². The van der Waals surface area contributed by atoms with Crippen molar-refractivity contribution in [2.75, 3.05) is 37.6 Å². The van der Waals surface area contributed by atoms with Crippen LogP contribution < -0.4 is 4.90 Å². The van der Waals surface area contributed by atoms with E-state index >= 15 is 0 Å². The highest BCUT2D eigenvalue weighted by molar-refractivity contribution is 5.91. The number of hydrogen-bond donors (Lipinski definition) is 0. The maximum Gasteiger partial charge on any atom is 0.245 e. The molecule has 7 rings (SSSR count). The molecule has 1 atom stereocenters. The third-order valence-corrected chi connectivity index (χ3v) is 9.34. The summed E-state index contributed by atoms with van der Waals surface area (Å²) in [6.07, 6.45) is 9.12. The fourth-order valence-corrected chi connectivity index (χ4v) is 8.24. The second-order valence-electron chi connectivity index (χ2n) is 11.5. The molecule has 0 radical (unpaired) electrons. The number of amides is 2. The van der Waals surface area contributed by atoms with Gasteiger partial charge in [-0.05, 0) is 87.7 Å². The molecule has 6 fully saturated rings. The number of likely N-dealkylation sites (tertiary alicyclic amines) is 1. The maximum atomic E-state index is 13.9. The minimum Gasteiger partial charge on any atom is -0.368 e. The van der Waals surface area contributed by atoms with E-state index in [2.05, 4.69) is 36.1 Å². The van der Waals surface area contributed by atoms with E-state index in [4.69, 9.17) is 0 Å². The van der Waals surface area contributed by atoms with Gasteiger partial charge in [0.25, 0.3) is 0 Å². The summed E-state index contributed by atoms with van der Waals surface area (Å²) in [5.74, 6) is 2.82. The Morgan fingerprint density at radius 3 is 2.12 bits per heavy atom. The Balaban J connectivity index is 1.13. The highest BCUT2D eigenvalue weighted by Gasteiger charge is 2.57. The lowest BCUT2D eigenvalue weighted by Gasteiger charge is -2.56. The van der Waals surface area contributed by atoms with Crippen LogP contribution in [0.25, 0.3) is 0 Å². The number of carbonyl (C=O) groups excluding carboxylic acids is 2. The first-order valence-electron chi connectivity index (χ1n) is 12.9. The van der Waals surface area contributed by atoms with Gasteiger partial charge in [-0.1, -0.05) is 18.2 Å². The summed E-state index contributed by atoms with van der Waals surface area (Å²) >= 11 is 0. The maximum absolute atomic E-state index is 13.9. The molecule has 5 nitrogen and oxygen atoms in total. The van der Waals surface area contributed by atoms with E-state index in [9.17, 15) is 9.59 Å². The smallest absolute Gasteiger partial charge is 0.245 e. The van der Waals surface area contributed by atoms with Crippen LogP contribution >= 0.6 is 0 Å². The van der Waals surface area contributed by atoms with Crippen molar-refractivity contribution >= 4 is 17.5 Å². The molecule has 4 aliphatic carbocycles. The zero-order chi connectivity index (χ0) is 21.9. The van der Waals surface area contributed by atoms with Crippen molar-refractivity contribution in [2.45, 2.75) is 64.3 Å². The molecular weight excluding hydrogens is 398 g/mol. The fourth-order valence-electron chi connectivity index (χ4n) is 8.24. The molecule has 1 unspecified atom stereocenters. The second kappa shape index (κ2) is 7.78. The molecule has 2 aliphatic heterocycles. The molecule has 0 spiro atoms. The summed E-state index contributed by atoms with van der Waals surface area (Å²) in [7, 11) is 0. The standard InChI is InChI=1S/C27H37N3O2/c1-19-5-2-3-6-23(19)28-9-11-29(12-10-28)25(31)24-7-4-8-30(24)26(32)27-16-20-13-21(17-27)15-22(14-20)18-27/h2-3,5-6,20-22,24H,4,7-18H2,1H3. The number of hydrogen-bond acceptors (Lipinski definition) is 3. The van der Waals surface area contributed by atoms with E-state index in [0.29, 0.717) is 5.91 Å². The molecule has 172 valence electrons. The lowest BCUT2D eigenvalue weighted by Crippen LogP contribution is -2.59. The number of piperazine rings is 1. The lowest BCUT2D eigenvalue weighted by atomic mass is 9.49. The minimum absolute atomic E-state index is 0.138. The number of anilines is 1. The van der Waals surface area contributed by atoms with Crippen molar-refractivity contribution in [1.29, 1.82) is 0 Å². The Morgan fingerprint density at radius 1 is 0.875 bits per heavy atom. The Hall–Kier alpha value is -2.04. The summed E-state index contributed by atoms with van der Waals surface area (Å²) in [6.45, 7) is 6.17. The van der Waals surface area contributed by atoms with Crippen LogP contribution in [0.2, 0.25) is 0 Å². The van der Waals surface area contributed by atoms with E-state index < -0.39 is 0 Å². The van der Waals surface area contributed by atoms with E-state index in [1.54, 1.807) is 0 Å². The Morgan fingerprint density at radius 2 is 1.50 bits per heavy atom.